The second kappa shape index (κ2) is 6.80. The summed E-state index contributed by atoms with van der Waals surface area (Å²) < 4.78 is 6.75. The molecule has 0 spiro atoms. The smallest absolute Gasteiger partial charge is 0.226 e. The average Bonchev–Trinajstić information content (AvgIpc) is 2.92. The molecule has 3 rings (SSSR count). The van der Waals surface area contributed by atoms with E-state index in [0.717, 1.165) is 16.7 Å². The van der Waals surface area contributed by atoms with Crippen LogP contribution < -0.4 is 10.6 Å². The lowest BCUT2D eigenvalue weighted by Crippen LogP contribution is -2.11. The molecule has 1 aromatic carbocycles. The molecule has 0 saturated carbocycles. The van der Waals surface area contributed by atoms with E-state index in [-0.39, 0.29) is 0 Å². The molecule has 0 radical (unpaired) electrons. The van der Waals surface area contributed by atoms with Crippen molar-refractivity contribution in [3.63, 3.8) is 0 Å². The maximum atomic E-state index is 5.92. The van der Waals surface area contributed by atoms with Gasteiger partial charge in [-0.1, -0.05) is 11.6 Å². The highest BCUT2D eigenvalue weighted by molar-refractivity contribution is 6.30. The maximum Gasteiger partial charge on any atom is 0.226 e. The molecule has 0 aliphatic rings. The molecule has 8 heteroatoms. The Morgan fingerprint density at radius 1 is 1.22 bits per heavy atom. The molecule has 2 aromatic heterocycles. The fourth-order valence-corrected chi connectivity index (χ4v) is 2.26. The van der Waals surface area contributed by atoms with E-state index in [0.29, 0.717) is 29.9 Å². The summed E-state index contributed by atoms with van der Waals surface area (Å²) in [7, 11) is 3.50. The van der Waals surface area contributed by atoms with Crippen molar-refractivity contribution in [2.45, 2.75) is 0 Å². The zero-order chi connectivity index (χ0) is 16.2. The summed E-state index contributed by atoms with van der Waals surface area (Å²) in [5, 5.41) is 12.2. The summed E-state index contributed by atoms with van der Waals surface area (Å²) in [6.07, 6.45) is 1.74. The third kappa shape index (κ3) is 3.52. The van der Waals surface area contributed by atoms with Gasteiger partial charge < -0.3 is 15.4 Å². The number of rotatable bonds is 6. The van der Waals surface area contributed by atoms with Crippen LogP contribution >= 0.6 is 11.6 Å². The van der Waals surface area contributed by atoms with Gasteiger partial charge in [0.25, 0.3) is 0 Å². The predicted molar refractivity (Wildman–Crippen MR) is 91.4 cm³/mol. The van der Waals surface area contributed by atoms with Crippen molar-refractivity contribution in [1.82, 2.24) is 19.7 Å². The quantitative estimate of drug-likeness (QED) is 0.676. The van der Waals surface area contributed by atoms with Crippen molar-refractivity contribution >= 4 is 40.1 Å². The van der Waals surface area contributed by atoms with Crippen LogP contribution in [0.5, 0.6) is 0 Å². The fourth-order valence-electron chi connectivity index (χ4n) is 2.13. The summed E-state index contributed by atoms with van der Waals surface area (Å²) in [4.78, 5) is 9.01. The van der Waals surface area contributed by atoms with E-state index in [4.69, 9.17) is 16.3 Å². The number of methoxy groups -OCH3 is 1. The first kappa shape index (κ1) is 15.5. The lowest BCUT2D eigenvalue weighted by molar-refractivity contribution is 0.210. The molecule has 0 aliphatic carbocycles. The number of fused-ring (bicyclic) bond motifs is 1. The molecule has 120 valence electrons. The van der Waals surface area contributed by atoms with Crippen LogP contribution in [0.1, 0.15) is 0 Å². The van der Waals surface area contributed by atoms with E-state index in [9.17, 15) is 0 Å². The van der Waals surface area contributed by atoms with E-state index in [1.54, 1.807) is 18.0 Å². The number of halogens is 1. The van der Waals surface area contributed by atoms with Crippen LogP contribution in [0.25, 0.3) is 11.0 Å². The first-order valence-electron chi connectivity index (χ1n) is 7.12. The lowest BCUT2D eigenvalue weighted by atomic mass is 10.3. The predicted octanol–water partition coefficient (Wildman–Crippen LogP) is 2.82. The van der Waals surface area contributed by atoms with Gasteiger partial charge in [-0.3, -0.25) is 4.68 Å². The second-order valence-corrected chi connectivity index (χ2v) is 5.39. The van der Waals surface area contributed by atoms with Gasteiger partial charge >= 0.3 is 0 Å². The number of hydrogen-bond acceptors (Lipinski definition) is 6. The van der Waals surface area contributed by atoms with Crippen LogP contribution in [0.4, 0.5) is 17.5 Å². The zero-order valence-corrected chi connectivity index (χ0v) is 13.6. The van der Waals surface area contributed by atoms with E-state index >= 15 is 0 Å². The topological polar surface area (TPSA) is 76.9 Å². The fraction of sp³-hybridized carbons (Fsp3) is 0.267. The maximum absolute atomic E-state index is 5.92. The van der Waals surface area contributed by atoms with Crippen molar-refractivity contribution in [1.29, 1.82) is 0 Å². The Morgan fingerprint density at radius 3 is 2.74 bits per heavy atom. The lowest BCUT2D eigenvalue weighted by Gasteiger charge is -2.10. The first-order valence-corrected chi connectivity index (χ1v) is 7.50. The molecule has 0 fully saturated rings. The number of aromatic nitrogens is 4. The first-order chi connectivity index (χ1) is 11.2. The molecule has 0 atom stereocenters. The minimum absolute atomic E-state index is 0.523. The summed E-state index contributed by atoms with van der Waals surface area (Å²) in [6, 6.07) is 7.43. The Morgan fingerprint density at radius 2 is 2.00 bits per heavy atom. The van der Waals surface area contributed by atoms with Crippen LogP contribution in [0.2, 0.25) is 5.02 Å². The Kier molecular flexibility index (Phi) is 4.59. The van der Waals surface area contributed by atoms with Crippen molar-refractivity contribution in [2.75, 3.05) is 30.9 Å². The van der Waals surface area contributed by atoms with Gasteiger partial charge in [-0.2, -0.15) is 15.1 Å². The van der Waals surface area contributed by atoms with Gasteiger partial charge in [0.1, 0.15) is 5.82 Å². The SMILES string of the molecule is COCCNc1nc(Nc2ccc(Cl)cc2)c2cnn(C)c2n1. The highest BCUT2D eigenvalue weighted by Gasteiger charge is 2.11. The molecule has 0 amide bonds. The number of anilines is 3. The molecule has 0 bridgehead atoms. The molecular weight excluding hydrogens is 316 g/mol. The number of hydrogen-bond donors (Lipinski definition) is 2. The summed E-state index contributed by atoms with van der Waals surface area (Å²) >= 11 is 5.92. The van der Waals surface area contributed by atoms with Crippen LogP contribution in [-0.4, -0.2) is 40.0 Å². The number of benzene rings is 1. The van der Waals surface area contributed by atoms with Crippen molar-refractivity contribution in [3.05, 3.63) is 35.5 Å². The third-order valence-electron chi connectivity index (χ3n) is 3.29. The van der Waals surface area contributed by atoms with Crippen LogP contribution in [0.15, 0.2) is 30.5 Å². The van der Waals surface area contributed by atoms with Crippen molar-refractivity contribution in [3.8, 4) is 0 Å². The Balaban J connectivity index is 1.94. The highest BCUT2D eigenvalue weighted by Crippen LogP contribution is 2.25. The molecule has 23 heavy (non-hydrogen) atoms. The molecule has 3 aromatic rings. The second-order valence-electron chi connectivity index (χ2n) is 4.95. The number of nitrogens with one attached hydrogen (secondary N) is 2. The van der Waals surface area contributed by atoms with Gasteiger partial charge in [-0.25, -0.2) is 0 Å². The Hall–Kier alpha value is -2.38. The molecule has 0 aliphatic heterocycles. The van der Waals surface area contributed by atoms with Crippen molar-refractivity contribution < 1.29 is 4.74 Å². The minimum atomic E-state index is 0.523. The third-order valence-corrected chi connectivity index (χ3v) is 3.54. The van der Waals surface area contributed by atoms with Gasteiger partial charge in [-0.05, 0) is 24.3 Å². The Labute approximate surface area is 138 Å². The summed E-state index contributed by atoms with van der Waals surface area (Å²) in [6.45, 7) is 1.20. The zero-order valence-electron chi connectivity index (χ0n) is 12.9. The van der Waals surface area contributed by atoms with E-state index < -0.39 is 0 Å². The van der Waals surface area contributed by atoms with Gasteiger partial charge in [0.05, 0.1) is 18.2 Å². The Bertz CT molecular complexity index is 802. The average molecular weight is 333 g/mol. The largest absolute Gasteiger partial charge is 0.383 e. The van der Waals surface area contributed by atoms with Gasteiger partial charge in [0.15, 0.2) is 5.65 Å². The monoisotopic (exact) mass is 332 g/mol. The normalized spacial score (nSPS) is 10.9. The molecule has 2 heterocycles. The van der Waals surface area contributed by atoms with Crippen LogP contribution in [0.3, 0.4) is 0 Å². The standard InChI is InChI=1S/C15H17ClN6O/c1-22-14-12(9-18-22)13(19-11-5-3-10(16)4-6-11)20-15(21-14)17-7-8-23-2/h3-6,9H,7-8H2,1-2H3,(H2,17,19,20,21). The van der Waals surface area contributed by atoms with E-state index in [1.807, 2.05) is 31.3 Å². The molecular formula is C15H17ClN6O. The van der Waals surface area contributed by atoms with Gasteiger partial charge in [-0.15, -0.1) is 0 Å². The van der Waals surface area contributed by atoms with Gasteiger partial charge in [0, 0.05) is 31.4 Å². The molecule has 0 saturated heterocycles. The molecule has 7 nitrogen and oxygen atoms in total. The minimum Gasteiger partial charge on any atom is -0.383 e. The number of nitrogens with zero attached hydrogens (tertiary/aromatic N) is 4. The summed E-state index contributed by atoms with van der Waals surface area (Å²) in [5.74, 6) is 1.21. The van der Waals surface area contributed by atoms with E-state index in [2.05, 4.69) is 25.7 Å². The number of aryl methyl sites for hydroxylation is 1. The van der Waals surface area contributed by atoms with Gasteiger partial charge in [0.2, 0.25) is 5.95 Å². The van der Waals surface area contributed by atoms with Crippen LogP contribution in [-0.2, 0) is 11.8 Å². The van der Waals surface area contributed by atoms with E-state index in [1.165, 1.54) is 0 Å². The van der Waals surface area contributed by atoms with Crippen LogP contribution in [0, 0.1) is 0 Å². The number of ether oxygens (including phenoxy) is 1. The van der Waals surface area contributed by atoms with Crippen molar-refractivity contribution in [2.24, 2.45) is 7.05 Å². The summed E-state index contributed by atoms with van der Waals surface area (Å²) in [5.41, 5.74) is 1.64. The molecule has 0 unspecified atom stereocenters. The molecule has 2 N–H and O–H groups in total. The highest BCUT2D eigenvalue weighted by atomic mass is 35.5.